The van der Waals surface area contributed by atoms with Crippen LogP contribution in [0.25, 0.3) is 0 Å². The van der Waals surface area contributed by atoms with Crippen molar-refractivity contribution in [3.05, 3.63) is 12.2 Å². The quantitative estimate of drug-likeness (QED) is 0.206. The first-order valence-electron chi connectivity index (χ1n) is 16.5. The zero-order valence-corrected chi connectivity index (χ0v) is 27.2. The van der Waals surface area contributed by atoms with Crippen LogP contribution in [0.15, 0.2) is 12.2 Å². The van der Waals surface area contributed by atoms with Crippen LogP contribution in [0.3, 0.4) is 0 Å². The number of carbonyl (C=O) groups is 2. The van der Waals surface area contributed by atoms with Crippen LogP contribution in [0, 0.1) is 74.4 Å². The summed E-state index contributed by atoms with van der Waals surface area (Å²) < 4.78 is 6.13. The van der Waals surface area contributed by atoms with Gasteiger partial charge in [0.05, 0.1) is 11.8 Å². The van der Waals surface area contributed by atoms with Crippen molar-refractivity contribution < 1.29 is 19.4 Å². The number of aliphatic carboxylic acids is 1. The summed E-state index contributed by atoms with van der Waals surface area (Å²) in [6, 6.07) is 0. The van der Waals surface area contributed by atoms with E-state index in [1.54, 1.807) is 13.8 Å². The van der Waals surface area contributed by atoms with Gasteiger partial charge in [0.1, 0.15) is 6.10 Å². The van der Waals surface area contributed by atoms with E-state index in [0.717, 1.165) is 32.1 Å². The smallest absolute Gasteiger partial charge is 0.309 e. The second kappa shape index (κ2) is 9.62. The third-order valence-corrected chi connectivity index (χ3v) is 14.7. The molecule has 1 N–H and O–H groups in total. The number of carbonyl (C=O) groups excluding carboxylic acids is 1. The molecule has 0 aromatic rings. The third kappa shape index (κ3) is 4.21. The molecule has 4 nitrogen and oxygen atoms in total. The summed E-state index contributed by atoms with van der Waals surface area (Å²) in [6.45, 7) is 22.4. The Morgan fingerprint density at radius 3 is 2.22 bits per heavy atom. The van der Waals surface area contributed by atoms with Gasteiger partial charge in [-0.15, -0.1) is 6.42 Å². The molecule has 0 amide bonds. The monoisotopic (exact) mass is 564 g/mol. The highest BCUT2D eigenvalue weighted by molar-refractivity contribution is 5.81. The van der Waals surface area contributed by atoms with E-state index in [4.69, 9.17) is 11.2 Å². The van der Waals surface area contributed by atoms with E-state index >= 15 is 0 Å². The summed E-state index contributed by atoms with van der Waals surface area (Å²) in [4.78, 5) is 24.6. The van der Waals surface area contributed by atoms with Crippen LogP contribution < -0.4 is 0 Å². The minimum Gasteiger partial charge on any atom is -0.481 e. The third-order valence-electron chi connectivity index (χ3n) is 14.7. The second-order valence-electron chi connectivity index (χ2n) is 17.2. The normalized spacial score (nSPS) is 46.6. The zero-order valence-electron chi connectivity index (χ0n) is 27.2. The molecule has 0 bridgehead atoms. The number of esters is 1. The fourth-order valence-electron chi connectivity index (χ4n) is 12.2. The lowest BCUT2D eigenvalue weighted by Gasteiger charge is -2.72. The first-order valence-corrected chi connectivity index (χ1v) is 16.5. The molecular weight excluding hydrogens is 508 g/mol. The average Bonchev–Trinajstić information content (AvgIpc) is 3.26. The van der Waals surface area contributed by atoms with Gasteiger partial charge in [0.25, 0.3) is 0 Å². The Hall–Kier alpha value is -1.76. The minimum atomic E-state index is -1.12. The molecule has 5 unspecified atom stereocenters. The lowest BCUT2D eigenvalue weighted by atomic mass is 9.32. The van der Waals surface area contributed by atoms with Crippen molar-refractivity contribution in [3.8, 4) is 12.3 Å². The fourth-order valence-corrected chi connectivity index (χ4v) is 12.2. The molecule has 0 aliphatic heterocycles. The van der Waals surface area contributed by atoms with Crippen molar-refractivity contribution in [3.63, 3.8) is 0 Å². The SMILES string of the molecule is C#CC12CC[C@@H](C(=C)C)C1C1CCC3[C@@]4(C)CC[C@H](OC(=O)CC(C)(C)C(=O)O)C(C)(C)C4CC[C@@]3(C)[C@]1(C)CC2. The van der Waals surface area contributed by atoms with Crippen LogP contribution >= 0.6 is 0 Å². The van der Waals surface area contributed by atoms with Gasteiger partial charge in [-0.3, -0.25) is 9.59 Å². The van der Waals surface area contributed by atoms with Gasteiger partial charge in [-0.05, 0) is 131 Å². The first-order chi connectivity index (χ1) is 18.9. The molecule has 228 valence electrons. The molecule has 0 radical (unpaired) electrons. The van der Waals surface area contributed by atoms with Gasteiger partial charge in [0.2, 0.25) is 0 Å². The predicted molar refractivity (Wildman–Crippen MR) is 164 cm³/mol. The number of fused-ring (bicyclic) bond motifs is 7. The van der Waals surface area contributed by atoms with Gasteiger partial charge in [-0.25, -0.2) is 0 Å². The van der Waals surface area contributed by atoms with Crippen molar-refractivity contribution in [1.82, 2.24) is 0 Å². The van der Waals surface area contributed by atoms with Crippen molar-refractivity contribution in [2.75, 3.05) is 0 Å². The van der Waals surface area contributed by atoms with E-state index in [1.807, 2.05) is 0 Å². The lowest BCUT2D eigenvalue weighted by molar-refractivity contribution is -0.247. The molecule has 10 atom stereocenters. The number of carboxylic acids is 1. The summed E-state index contributed by atoms with van der Waals surface area (Å²) in [6.07, 6.45) is 17.7. The topological polar surface area (TPSA) is 63.6 Å². The number of ether oxygens (including phenoxy) is 1. The number of carboxylic acid groups (broad SMARTS) is 1. The number of allylic oxidation sites excluding steroid dienone is 1. The van der Waals surface area contributed by atoms with Crippen molar-refractivity contribution in [2.45, 2.75) is 132 Å². The largest absolute Gasteiger partial charge is 0.481 e. The van der Waals surface area contributed by atoms with Crippen LogP contribution in [-0.2, 0) is 14.3 Å². The maximum Gasteiger partial charge on any atom is 0.309 e. The Kier molecular flexibility index (Phi) is 7.20. The van der Waals surface area contributed by atoms with E-state index in [9.17, 15) is 14.7 Å². The Bertz CT molecular complexity index is 1160. The summed E-state index contributed by atoms with van der Waals surface area (Å²) >= 11 is 0. The van der Waals surface area contributed by atoms with Crippen LogP contribution in [0.4, 0.5) is 0 Å². The highest BCUT2D eigenvalue weighted by atomic mass is 16.5. The van der Waals surface area contributed by atoms with Crippen LogP contribution in [0.5, 0.6) is 0 Å². The molecule has 5 aliphatic rings. The predicted octanol–water partition coefficient (Wildman–Crippen LogP) is 8.69. The van der Waals surface area contributed by atoms with Crippen molar-refractivity contribution in [2.24, 2.45) is 62.1 Å². The van der Waals surface area contributed by atoms with E-state index in [-0.39, 0.29) is 45.6 Å². The number of rotatable bonds is 5. The summed E-state index contributed by atoms with van der Waals surface area (Å²) in [5, 5.41) is 9.52. The van der Waals surface area contributed by atoms with Gasteiger partial charge >= 0.3 is 11.9 Å². The van der Waals surface area contributed by atoms with Gasteiger partial charge in [-0.2, -0.15) is 0 Å². The number of hydrogen-bond donors (Lipinski definition) is 1. The van der Waals surface area contributed by atoms with Gasteiger partial charge in [0.15, 0.2) is 0 Å². The molecule has 5 saturated carbocycles. The van der Waals surface area contributed by atoms with Crippen LogP contribution in [0.1, 0.15) is 126 Å². The van der Waals surface area contributed by atoms with Crippen LogP contribution in [0.2, 0.25) is 0 Å². The molecular formula is C37H56O4. The average molecular weight is 565 g/mol. The Morgan fingerprint density at radius 1 is 0.927 bits per heavy atom. The van der Waals surface area contributed by atoms with Crippen molar-refractivity contribution >= 4 is 11.9 Å². The van der Waals surface area contributed by atoms with Crippen molar-refractivity contribution in [1.29, 1.82) is 0 Å². The van der Waals surface area contributed by atoms with E-state index < -0.39 is 11.4 Å². The standard InChI is InChI=1S/C37H56O4/c1-11-37-19-14-24(23(2)3)30(37)25-12-13-27-34(8)17-16-28(41-29(38)22-32(4,5)31(39)40)33(6,7)26(34)15-18-36(27,10)35(25,9)20-21-37/h1,24-28,30H,2,12-22H2,3-10H3,(H,39,40)/t24-,25?,26?,27?,28-,30?,34-,35+,36+,37?/m0/s1. The summed E-state index contributed by atoms with van der Waals surface area (Å²) in [7, 11) is 0. The molecule has 0 spiro atoms. The summed E-state index contributed by atoms with van der Waals surface area (Å²) in [5.74, 6) is 4.92. The highest BCUT2D eigenvalue weighted by Crippen LogP contribution is 2.77. The molecule has 0 heterocycles. The molecule has 5 rings (SSSR count). The molecule has 0 aromatic carbocycles. The Labute approximate surface area is 249 Å². The summed E-state index contributed by atoms with van der Waals surface area (Å²) in [5.41, 5.74) is 0.829. The molecule has 0 saturated heterocycles. The fraction of sp³-hybridized carbons (Fsp3) is 0.838. The minimum absolute atomic E-state index is 0.0528. The highest BCUT2D eigenvalue weighted by Gasteiger charge is 2.71. The molecule has 4 heteroatoms. The van der Waals surface area contributed by atoms with E-state index in [2.05, 4.69) is 54.0 Å². The lowest BCUT2D eigenvalue weighted by Crippen LogP contribution is -2.66. The molecule has 5 fully saturated rings. The Morgan fingerprint density at radius 2 is 1.61 bits per heavy atom. The van der Waals surface area contributed by atoms with E-state index in [0.29, 0.717) is 29.6 Å². The molecule has 41 heavy (non-hydrogen) atoms. The maximum absolute atomic E-state index is 12.9. The second-order valence-corrected chi connectivity index (χ2v) is 17.2. The maximum atomic E-state index is 12.9. The first kappa shape index (κ1) is 30.7. The zero-order chi connectivity index (χ0) is 30.4. The van der Waals surface area contributed by atoms with Gasteiger partial charge in [-0.1, -0.05) is 52.7 Å². The van der Waals surface area contributed by atoms with Gasteiger partial charge < -0.3 is 9.84 Å². The number of hydrogen-bond acceptors (Lipinski definition) is 3. The van der Waals surface area contributed by atoms with E-state index in [1.165, 1.54) is 37.7 Å². The van der Waals surface area contributed by atoms with Gasteiger partial charge in [0, 0.05) is 10.8 Å². The molecule has 5 aliphatic carbocycles. The number of terminal acetylenes is 1. The van der Waals surface area contributed by atoms with Crippen LogP contribution in [-0.4, -0.2) is 23.1 Å². The Balaban J connectivity index is 1.41. The molecule has 0 aromatic heterocycles.